The van der Waals surface area contributed by atoms with E-state index >= 15 is 0 Å². The molecular weight excluding hydrogens is 288 g/mol. The number of rotatable bonds is 5. The molecule has 0 aromatic carbocycles. The first kappa shape index (κ1) is 13.4. The van der Waals surface area contributed by atoms with Crippen molar-refractivity contribution in [3.05, 3.63) is 60.1 Å². The van der Waals surface area contributed by atoms with Gasteiger partial charge in [0.25, 0.3) is 0 Å². The third-order valence-corrected chi connectivity index (χ3v) is 3.71. The van der Waals surface area contributed by atoms with E-state index in [0.29, 0.717) is 6.54 Å². The maximum absolute atomic E-state index is 11.9. The summed E-state index contributed by atoms with van der Waals surface area (Å²) in [5, 5.41) is 12.5. The van der Waals surface area contributed by atoms with E-state index in [0.717, 1.165) is 10.8 Å². The molecule has 108 valence electrons. The molecule has 0 bridgehead atoms. The summed E-state index contributed by atoms with van der Waals surface area (Å²) in [6, 6.07) is 8.83. The van der Waals surface area contributed by atoms with Crippen LogP contribution in [0.4, 0.5) is 9.80 Å². The van der Waals surface area contributed by atoms with Crippen LogP contribution in [0, 0.1) is 0 Å². The van der Waals surface area contributed by atoms with Crippen LogP contribution in [0.1, 0.15) is 11.8 Å². The normalized spacial score (nSPS) is 12.0. The zero-order chi connectivity index (χ0) is 14.5. The fourth-order valence-corrected chi connectivity index (χ4v) is 2.58. The summed E-state index contributed by atoms with van der Waals surface area (Å²) >= 11 is 1.47. The van der Waals surface area contributed by atoms with E-state index in [4.69, 9.17) is 4.42 Å². The predicted molar refractivity (Wildman–Crippen MR) is 80.4 cm³/mol. The van der Waals surface area contributed by atoms with E-state index in [-0.39, 0.29) is 12.1 Å². The second kappa shape index (κ2) is 6.27. The zero-order valence-electron chi connectivity index (χ0n) is 11.1. The standard InChI is InChI=1S/C14H14N4O2S/c19-14(17-13-5-2-9-21-13)15-10-11(12-4-1-8-20-12)18-7-3-6-16-18/h1-9,11H,10H2,(H2,15,17,19). The molecule has 0 spiro atoms. The third-order valence-electron chi connectivity index (χ3n) is 2.93. The molecule has 1 unspecified atom stereocenters. The van der Waals surface area contributed by atoms with Crippen LogP contribution in [-0.2, 0) is 0 Å². The lowest BCUT2D eigenvalue weighted by molar-refractivity contribution is 0.250. The molecule has 0 aliphatic rings. The van der Waals surface area contributed by atoms with Crippen LogP contribution in [0.5, 0.6) is 0 Å². The van der Waals surface area contributed by atoms with E-state index in [1.807, 2.05) is 41.9 Å². The molecule has 0 radical (unpaired) electrons. The summed E-state index contributed by atoms with van der Waals surface area (Å²) in [4.78, 5) is 11.9. The quantitative estimate of drug-likeness (QED) is 0.761. The van der Waals surface area contributed by atoms with Crippen molar-refractivity contribution in [3.8, 4) is 0 Å². The molecule has 7 heteroatoms. The molecule has 0 aliphatic heterocycles. The molecule has 6 nitrogen and oxygen atoms in total. The minimum atomic E-state index is -0.249. The van der Waals surface area contributed by atoms with Crippen molar-refractivity contribution < 1.29 is 9.21 Å². The summed E-state index contributed by atoms with van der Waals surface area (Å²) < 4.78 is 7.18. The number of furan rings is 1. The fourth-order valence-electron chi connectivity index (χ4n) is 1.97. The van der Waals surface area contributed by atoms with Gasteiger partial charge in [-0.05, 0) is 35.7 Å². The Labute approximate surface area is 125 Å². The summed E-state index contributed by atoms with van der Waals surface area (Å²) in [5.41, 5.74) is 0. The number of nitrogens with one attached hydrogen (secondary N) is 2. The van der Waals surface area contributed by atoms with Gasteiger partial charge in [0, 0.05) is 18.9 Å². The van der Waals surface area contributed by atoms with Crippen LogP contribution >= 0.6 is 11.3 Å². The SMILES string of the molecule is O=C(NCC(c1ccco1)n1cccn1)Nc1cccs1. The van der Waals surface area contributed by atoms with Crippen molar-refractivity contribution in [1.82, 2.24) is 15.1 Å². The van der Waals surface area contributed by atoms with Crippen molar-refractivity contribution in [2.24, 2.45) is 0 Å². The number of urea groups is 1. The molecule has 3 heterocycles. The van der Waals surface area contributed by atoms with Crippen LogP contribution in [-0.4, -0.2) is 22.4 Å². The summed E-state index contributed by atoms with van der Waals surface area (Å²) in [6.45, 7) is 0.381. The third kappa shape index (κ3) is 3.32. The van der Waals surface area contributed by atoms with Gasteiger partial charge < -0.3 is 9.73 Å². The highest BCUT2D eigenvalue weighted by Gasteiger charge is 2.17. The molecule has 0 saturated heterocycles. The topological polar surface area (TPSA) is 72.1 Å². The zero-order valence-corrected chi connectivity index (χ0v) is 11.9. The minimum absolute atomic E-state index is 0.177. The highest BCUT2D eigenvalue weighted by molar-refractivity contribution is 7.14. The molecule has 0 aliphatic carbocycles. The Kier molecular flexibility index (Phi) is 4.02. The average molecular weight is 302 g/mol. The summed E-state index contributed by atoms with van der Waals surface area (Å²) in [6.07, 6.45) is 5.14. The van der Waals surface area contributed by atoms with Gasteiger partial charge in [-0.15, -0.1) is 11.3 Å². The molecule has 2 N–H and O–H groups in total. The minimum Gasteiger partial charge on any atom is -0.467 e. The summed E-state index contributed by atoms with van der Waals surface area (Å²) in [7, 11) is 0. The maximum atomic E-state index is 11.9. The summed E-state index contributed by atoms with van der Waals surface area (Å²) in [5.74, 6) is 0.745. The first-order chi connectivity index (χ1) is 10.3. The molecule has 21 heavy (non-hydrogen) atoms. The van der Waals surface area contributed by atoms with Crippen LogP contribution in [0.2, 0.25) is 0 Å². The van der Waals surface area contributed by atoms with Gasteiger partial charge in [0.15, 0.2) is 0 Å². The Morgan fingerprint density at radius 1 is 1.38 bits per heavy atom. The van der Waals surface area contributed by atoms with E-state index in [2.05, 4.69) is 15.7 Å². The van der Waals surface area contributed by atoms with Crippen LogP contribution in [0.25, 0.3) is 0 Å². The molecule has 0 fully saturated rings. The number of nitrogens with zero attached hydrogens (tertiary/aromatic N) is 2. The Bertz CT molecular complexity index is 628. The van der Waals surface area contributed by atoms with Crippen molar-refractivity contribution in [2.45, 2.75) is 6.04 Å². The maximum Gasteiger partial charge on any atom is 0.319 e. The van der Waals surface area contributed by atoms with Crippen molar-refractivity contribution >= 4 is 22.4 Å². The molecule has 3 aromatic rings. The van der Waals surface area contributed by atoms with E-state index in [1.165, 1.54) is 11.3 Å². The average Bonchev–Trinajstić information content (AvgIpc) is 3.23. The number of thiophene rings is 1. The highest BCUT2D eigenvalue weighted by Crippen LogP contribution is 2.18. The van der Waals surface area contributed by atoms with E-state index < -0.39 is 0 Å². The number of hydrogen-bond donors (Lipinski definition) is 2. The predicted octanol–water partition coefficient (Wildman–Crippen LogP) is 2.95. The van der Waals surface area contributed by atoms with Gasteiger partial charge in [-0.2, -0.15) is 5.10 Å². The van der Waals surface area contributed by atoms with Gasteiger partial charge in [0.05, 0.1) is 11.3 Å². The number of amides is 2. The Morgan fingerprint density at radius 3 is 3.00 bits per heavy atom. The lowest BCUT2D eigenvalue weighted by Crippen LogP contribution is -2.34. The lowest BCUT2D eigenvalue weighted by Gasteiger charge is -2.16. The van der Waals surface area contributed by atoms with Crippen LogP contribution in [0.15, 0.2) is 58.8 Å². The second-order valence-corrected chi connectivity index (χ2v) is 5.28. The van der Waals surface area contributed by atoms with E-state index in [9.17, 15) is 4.79 Å². The number of hydrogen-bond acceptors (Lipinski definition) is 4. The fraction of sp³-hybridized carbons (Fsp3) is 0.143. The van der Waals surface area contributed by atoms with Crippen LogP contribution < -0.4 is 10.6 Å². The van der Waals surface area contributed by atoms with Crippen LogP contribution in [0.3, 0.4) is 0 Å². The number of aromatic nitrogens is 2. The van der Waals surface area contributed by atoms with Crippen molar-refractivity contribution in [3.63, 3.8) is 0 Å². The molecular formula is C14H14N4O2S. The molecule has 3 aromatic heterocycles. The largest absolute Gasteiger partial charge is 0.467 e. The first-order valence-electron chi connectivity index (χ1n) is 6.44. The number of carbonyl (C=O) groups is 1. The number of carbonyl (C=O) groups excluding carboxylic acids is 1. The lowest BCUT2D eigenvalue weighted by atomic mass is 10.2. The highest BCUT2D eigenvalue weighted by atomic mass is 32.1. The molecule has 3 rings (SSSR count). The van der Waals surface area contributed by atoms with Gasteiger partial charge in [0.2, 0.25) is 0 Å². The Morgan fingerprint density at radius 2 is 2.33 bits per heavy atom. The van der Waals surface area contributed by atoms with Gasteiger partial charge in [-0.25, -0.2) is 4.79 Å². The molecule has 1 atom stereocenters. The van der Waals surface area contributed by atoms with E-state index in [1.54, 1.807) is 17.1 Å². The second-order valence-electron chi connectivity index (χ2n) is 4.33. The smallest absolute Gasteiger partial charge is 0.319 e. The van der Waals surface area contributed by atoms with Gasteiger partial charge >= 0.3 is 6.03 Å². The van der Waals surface area contributed by atoms with Crippen molar-refractivity contribution in [2.75, 3.05) is 11.9 Å². The monoisotopic (exact) mass is 302 g/mol. The van der Waals surface area contributed by atoms with Gasteiger partial charge in [0.1, 0.15) is 11.8 Å². The molecule has 2 amide bonds. The number of anilines is 1. The first-order valence-corrected chi connectivity index (χ1v) is 7.32. The van der Waals surface area contributed by atoms with Gasteiger partial charge in [-0.3, -0.25) is 10.00 Å². The molecule has 0 saturated carbocycles. The van der Waals surface area contributed by atoms with Crippen molar-refractivity contribution in [1.29, 1.82) is 0 Å². The Hall–Kier alpha value is -2.54. The Balaban J connectivity index is 1.64. The van der Waals surface area contributed by atoms with Gasteiger partial charge in [-0.1, -0.05) is 0 Å².